The van der Waals surface area contributed by atoms with Crippen molar-refractivity contribution in [2.24, 2.45) is 0 Å². The molecule has 0 spiro atoms. The Bertz CT molecular complexity index is 1000. The summed E-state index contributed by atoms with van der Waals surface area (Å²) in [7, 11) is 0. The Morgan fingerprint density at radius 2 is 1.78 bits per heavy atom. The zero-order valence-electron chi connectivity index (χ0n) is 18.9. The maximum atomic E-state index is 12.9. The van der Waals surface area contributed by atoms with Crippen LogP contribution >= 0.6 is 0 Å². The van der Waals surface area contributed by atoms with E-state index in [-0.39, 0.29) is 17.5 Å². The molecule has 1 fully saturated rings. The van der Waals surface area contributed by atoms with E-state index in [1.807, 2.05) is 18.2 Å². The van der Waals surface area contributed by atoms with Crippen molar-refractivity contribution in [1.82, 2.24) is 10.2 Å². The van der Waals surface area contributed by atoms with Crippen molar-refractivity contribution in [1.29, 1.82) is 5.26 Å². The monoisotopic (exact) mass is 428 g/mol. The van der Waals surface area contributed by atoms with E-state index < -0.39 is 0 Å². The lowest BCUT2D eigenvalue weighted by molar-refractivity contribution is -0.117. The van der Waals surface area contributed by atoms with Gasteiger partial charge >= 0.3 is 0 Å². The molecule has 5 heteroatoms. The lowest BCUT2D eigenvalue weighted by Crippen LogP contribution is -2.44. The van der Waals surface area contributed by atoms with Crippen LogP contribution in [0.3, 0.4) is 0 Å². The van der Waals surface area contributed by atoms with E-state index in [2.05, 4.69) is 58.4 Å². The SMILES string of the molecule is CCC(NC(=O)/C(C#N)=C\N1CCN(c2ccccc2)CC1)c1ccc2c(c1)CCCC2. The van der Waals surface area contributed by atoms with Crippen molar-refractivity contribution in [3.63, 3.8) is 0 Å². The fraction of sp³-hybridized carbons (Fsp3) is 0.407. The largest absolute Gasteiger partial charge is 0.373 e. The van der Waals surface area contributed by atoms with Gasteiger partial charge in [-0.2, -0.15) is 5.26 Å². The standard InChI is InChI=1S/C27H32N4O/c1-2-26(23-13-12-21-8-6-7-9-22(21)18-23)29-27(32)24(19-28)20-30-14-16-31(17-15-30)25-10-4-3-5-11-25/h3-5,10-13,18,20,26H,2,6-9,14-17H2,1H3,(H,29,32)/b24-20-. The number of para-hydroxylation sites is 1. The van der Waals surface area contributed by atoms with Gasteiger partial charge in [-0.15, -0.1) is 0 Å². The van der Waals surface area contributed by atoms with Gasteiger partial charge in [0, 0.05) is 38.1 Å². The average Bonchev–Trinajstić information content (AvgIpc) is 2.86. The third-order valence-corrected chi connectivity index (χ3v) is 6.60. The van der Waals surface area contributed by atoms with Crippen molar-refractivity contribution in [2.75, 3.05) is 31.1 Å². The Balaban J connectivity index is 1.39. The highest BCUT2D eigenvalue weighted by Crippen LogP contribution is 2.26. The van der Waals surface area contributed by atoms with Crippen LogP contribution in [0.2, 0.25) is 0 Å². The highest BCUT2D eigenvalue weighted by atomic mass is 16.1. The molecule has 1 atom stereocenters. The van der Waals surface area contributed by atoms with Crippen LogP contribution in [-0.2, 0) is 17.6 Å². The van der Waals surface area contributed by atoms with Gasteiger partial charge < -0.3 is 15.1 Å². The molecule has 0 aromatic heterocycles. The number of hydrogen-bond donors (Lipinski definition) is 1. The summed E-state index contributed by atoms with van der Waals surface area (Å²) in [5.74, 6) is -0.289. The number of carbonyl (C=O) groups excluding carboxylic acids is 1. The van der Waals surface area contributed by atoms with Gasteiger partial charge in [0.05, 0.1) is 6.04 Å². The molecule has 0 radical (unpaired) electrons. The van der Waals surface area contributed by atoms with Crippen molar-refractivity contribution in [2.45, 2.75) is 45.1 Å². The Hall–Kier alpha value is -3.26. The molecular formula is C27H32N4O. The number of hydrogen-bond acceptors (Lipinski definition) is 4. The van der Waals surface area contributed by atoms with Gasteiger partial charge in [-0.3, -0.25) is 4.79 Å². The molecule has 1 saturated heterocycles. The van der Waals surface area contributed by atoms with E-state index in [4.69, 9.17) is 0 Å². The number of amides is 1. The summed E-state index contributed by atoms with van der Waals surface area (Å²) >= 11 is 0. The number of anilines is 1. The second-order valence-electron chi connectivity index (χ2n) is 8.68. The van der Waals surface area contributed by atoms with E-state index in [0.29, 0.717) is 0 Å². The fourth-order valence-electron chi connectivity index (χ4n) is 4.70. The Morgan fingerprint density at radius 3 is 2.47 bits per heavy atom. The Kier molecular flexibility index (Phi) is 7.11. The molecule has 2 aromatic carbocycles. The number of fused-ring (bicyclic) bond motifs is 1. The Labute approximate surface area is 191 Å². The van der Waals surface area contributed by atoms with Crippen LogP contribution in [0.1, 0.15) is 48.9 Å². The van der Waals surface area contributed by atoms with Crippen LogP contribution in [-0.4, -0.2) is 37.0 Å². The van der Waals surface area contributed by atoms with Crippen LogP contribution in [0, 0.1) is 11.3 Å². The molecular weight excluding hydrogens is 396 g/mol. The molecule has 1 aliphatic heterocycles. The molecule has 4 rings (SSSR count). The van der Waals surface area contributed by atoms with Crippen LogP contribution in [0.25, 0.3) is 0 Å². The molecule has 0 saturated carbocycles. The fourth-order valence-corrected chi connectivity index (χ4v) is 4.70. The number of nitrogens with zero attached hydrogens (tertiary/aromatic N) is 3. The normalized spacial score (nSPS) is 17.3. The number of piperazine rings is 1. The van der Waals surface area contributed by atoms with Gasteiger partial charge in [0.25, 0.3) is 5.91 Å². The summed E-state index contributed by atoms with van der Waals surface area (Å²) in [5, 5.41) is 12.8. The number of rotatable bonds is 6. The van der Waals surface area contributed by atoms with E-state index in [9.17, 15) is 10.1 Å². The van der Waals surface area contributed by atoms with Crippen molar-refractivity contribution >= 4 is 11.6 Å². The highest BCUT2D eigenvalue weighted by molar-refractivity contribution is 5.97. The number of aryl methyl sites for hydroxylation is 2. The van der Waals surface area contributed by atoms with E-state index in [1.54, 1.807) is 6.20 Å². The summed E-state index contributed by atoms with van der Waals surface area (Å²) < 4.78 is 0. The number of nitriles is 1. The molecule has 1 heterocycles. The Morgan fingerprint density at radius 1 is 1.06 bits per heavy atom. The average molecular weight is 429 g/mol. The third kappa shape index (κ3) is 5.13. The predicted octanol–water partition coefficient (Wildman–Crippen LogP) is 4.36. The zero-order chi connectivity index (χ0) is 22.3. The van der Waals surface area contributed by atoms with Gasteiger partial charge in [0.1, 0.15) is 11.6 Å². The smallest absolute Gasteiger partial charge is 0.263 e. The molecule has 166 valence electrons. The first-order valence-corrected chi connectivity index (χ1v) is 11.8. The molecule has 1 N–H and O–H groups in total. The van der Waals surface area contributed by atoms with Crippen LogP contribution in [0.4, 0.5) is 5.69 Å². The third-order valence-electron chi connectivity index (χ3n) is 6.60. The van der Waals surface area contributed by atoms with Gasteiger partial charge in [0.15, 0.2) is 0 Å². The molecule has 1 amide bonds. The minimum atomic E-state index is -0.289. The maximum Gasteiger partial charge on any atom is 0.263 e. The van der Waals surface area contributed by atoms with Crippen LogP contribution in [0.15, 0.2) is 60.3 Å². The molecule has 2 aliphatic rings. The first-order chi connectivity index (χ1) is 15.7. The molecule has 5 nitrogen and oxygen atoms in total. The summed E-state index contributed by atoms with van der Waals surface area (Å²) in [6, 6.07) is 19.0. The van der Waals surface area contributed by atoms with E-state index >= 15 is 0 Å². The summed E-state index contributed by atoms with van der Waals surface area (Å²) in [4.78, 5) is 17.3. The summed E-state index contributed by atoms with van der Waals surface area (Å²) in [6.45, 7) is 5.38. The summed E-state index contributed by atoms with van der Waals surface area (Å²) in [6.07, 6.45) is 7.29. The topological polar surface area (TPSA) is 59.4 Å². The molecule has 2 aromatic rings. The van der Waals surface area contributed by atoms with Crippen molar-refractivity contribution in [3.05, 3.63) is 77.0 Å². The minimum Gasteiger partial charge on any atom is -0.373 e. The maximum absolute atomic E-state index is 12.9. The van der Waals surface area contributed by atoms with Crippen LogP contribution < -0.4 is 10.2 Å². The van der Waals surface area contributed by atoms with Gasteiger partial charge in [0.2, 0.25) is 0 Å². The number of benzene rings is 2. The molecule has 1 aliphatic carbocycles. The number of carbonyl (C=O) groups is 1. The molecule has 32 heavy (non-hydrogen) atoms. The van der Waals surface area contributed by atoms with Gasteiger partial charge in [-0.05, 0) is 60.9 Å². The lowest BCUT2D eigenvalue weighted by atomic mass is 9.88. The first kappa shape index (κ1) is 22.0. The second kappa shape index (κ2) is 10.4. The highest BCUT2D eigenvalue weighted by Gasteiger charge is 2.20. The molecule has 1 unspecified atom stereocenters. The minimum absolute atomic E-state index is 0.0820. The van der Waals surface area contributed by atoms with Crippen molar-refractivity contribution < 1.29 is 4.79 Å². The van der Waals surface area contributed by atoms with E-state index in [0.717, 1.165) is 51.0 Å². The van der Waals surface area contributed by atoms with Gasteiger partial charge in [-0.1, -0.05) is 43.3 Å². The lowest BCUT2D eigenvalue weighted by Gasteiger charge is -2.35. The van der Waals surface area contributed by atoms with Crippen molar-refractivity contribution in [3.8, 4) is 6.07 Å². The number of nitrogens with one attached hydrogen (secondary N) is 1. The van der Waals surface area contributed by atoms with Gasteiger partial charge in [-0.25, -0.2) is 0 Å². The predicted molar refractivity (Wildman–Crippen MR) is 128 cm³/mol. The molecule has 0 bridgehead atoms. The second-order valence-corrected chi connectivity index (χ2v) is 8.68. The quantitative estimate of drug-likeness (QED) is 0.549. The summed E-state index contributed by atoms with van der Waals surface area (Å²) in [5.41, 5.74) is 5.37. The first-order valence-electron chi connectivity index (χ1n) is 11.8. The zero-order valence-corrected chi connectivity index (χ0v) is 18.9. The van der Waals surface area contributed by atoms with E-state index in [1.165, 1.54) is 29.7 Å². The van der Waals surface area contributed by atoms with Crippen LogP contribution in [0.5, 0.6) is 0 Å².